The van der Waals surface area contributed by atoms with Gasteiger partial charge in [-0.1, -0.05) is 0 Å². The number of rotatable bonds is 3. The number of aromatic nitrogens is 1. The molecule has 0 bridgehead atoms. The molecule has 1 aliphatic rings. The van der Waals surface area contributed by atoms with Gasteiger partial charge in [-0.25, -0.2) is 0 Å². The average molecular weight is 230 g/mol. The lowest BCUT2D eigenvalue weighted by molar-refractivity contribution is 0.402. The Labute approximate surface area is 92.2 Å². The number of methoxy groups -OCH3 is 1. The zero-order valence-corrected chi connectivity index (χ0v) is 9.74. The summed E-state index contributed by atoms with van der Waals surface area (Å²) in [4.78, 5) is 1.28. The normalized spacial score (nSPS) is 26.7. The molecule has 2 atom stereocenters. The molecule has 1 aliphatic heterocycles. The van der Waals surface area contributed by atoms with Crippen molar-refractivity contribution in [2.75, 3.05) is 18.6 Å². The SMILES string of the molecule is COc1cc(CC2CSCC2N)sn1. The third kappa shape index (κ3) is 2.21. The van der Waals surface area contributed by atoms with Crippen LogP contribution in [0.4, 0.5) is 0 Å². The second-order valence-corrected chi connectivity index (χ2v) is 5.47. The van der Waals surface area contributed by atoms with E-state index in [1.54, 1.807) is 7.11 Å². The highest BCUT2D eigenvalue weighted by atomic mass is 32.2. The summed E-state index contributed by atoms with van der Waals surface area (Å²) in [6.07, 6.45) is 1.05. The number of nitrogens with two attached hydrogens (primary N) is 1. The Morgan fingerprint density at radius 1 is 1.64 bits per heavy atom. The van der Waals surface area contributed by atoms with E-state index in [1.165, 1.54) is 22.2 Å². The van der Waals surface area contributed by atoms with Gasteiger partial charge in [0.05, 0.1) is 7.11 Å². The standard InChI is InChI=1S/C9H14N2OS2/c1-12-9-3-7(14-11-9)2-6-4-13-5-8(6)10/h3,6,8H,2,4-5,10H2,1H3. The van der Waals surface area contributed by atoms with Crippen LogP contribution in [-0.2, 0) is 6.42 Å². The molecular formula is C9H14N2OS2. The minimum absolute atomic E-state index is 0.355. The average Bonchev–Trinajstić information content (AvgIpc) is 2.77. The molecule has 14 heavy (non-hydrogen) atoms. The summed E-state index contributed by atoms with van der Waals surface area (Å²) >= 11 is 3.47. The number of ether oxygens (including phenoxy) is 1. The quantitative estimate of drug-likeness (QED) is 0.852. The van der Waals surface area contributed by atoms with Crippen molar-refractivity contribution in [1.82, 2.24) is 4.37 Å². The van der Waals surface area contributed by atoms with Crippen molar-refractivity contribution >= 4 is 23.3 Å². The second kappa shape index (κ2) is 4.51. The molecule has 0 amide bonds. The fourth-order valence-electron chi connectivity index (χ4n) is 1.57. The van der Waals surface area contributed by atoms with Crippen LogP contribution in [-0.4, -0.2) is 29.0 Å². The monoisotopic (exact) mass is 230 g/mol. The zero-order chi connectivity index (χ0) is 9.97. The maximum absolute atomic E-state index is 6.00. The summed E-state index contributed by atoms with van der Waals surface area (Å²) < 4.78 is 9.22. The van der Waals surface area contributed by atoms with Gasteiger partial charge < -0.3 is 10.5 Å². The minimum Gasteiger partial charge on any atom is -0.480 e. The molecule has 0 aliphatic carbocycles. The molecule has 78 valence electrons. The van der Waals surface area contributed by atoms with Crippen LogP contribution in [0, 0.1) is 5.92 Å². The van der Waals surface area contributed by atoms with Crippen molar-refractivity contribution in [2.45, 2.75) is 12.5 Å². The first kappa shape index (κ1) is 10.3. The Hall–Kier alpha value is -0.260. The van der Waals surface area contributed by atoms with Crippen LogP contribution in [0.3, 0.4) is 0 Å². The van der Waals surface area contributed by atoms with Crippen molar-refractivity contribution in [1.29, 1.82) is 0 Å². The lowest BCUT2D eigenvalue weighted by Crippen LogP contribution is -2.29. The Morgan fingerprint density at radius 2 is 2.50 bits per heavy atom. The predicted octanol–water partition coefficient (Wildman–Crippen LogP) is 1.38. The lowest BCUT2D eigenvalue weighted by Gasteiger charge is -2.11. The van der Waals surface area contributed by atoms with Crippen molar-refractivity contribution in [3.63, 3.8) is 0 Å². The van der Waals surface area contributed by atoms with Gasteiger partial charge in [0.1, 0.15) is 0 Å². The van der Waals surface area contributed by atoms with E-state index >= 15 is 0 Å². The van der Waals surface area contributed by atoms with E-state index < -0.39 is 0 Å². The first-order chi connectivity index (χ1) is 6.79. The molecule has 1 aromatic rings. The highest BCUT2D eigenvalue weighted by Gasteiger charge is 2.25. The van der Waals surface area contributed by atoms with Crippen molar-refractivity contribution < 1.29 is 4.74 Å². The molecule has 3 nitrogen and oxygen atoms in total. The van der Waals surface area contributed by atoms with E-state index in [0.29, 0.717) is 12.0 Å². The fraction of sp³-hybridized carbons (Fsp3) is 0.667. The second-order valence-electron chi connectivity index (χ2n) is 3.50. The van der Waals surface area contributed by atoms with E-state index in [4.69, 9.17) is 10.5 Å². The molecule has 1 aromatic heterocycles. The molecule has 1 fully saturated rings. The molecule has 5 heteroatoms. The summed E-state index contributed by atoms with van der Waals surface area (Å²) in [5.74, 6) is 3.62. The van der Waals surface area contributed by atoms with Crippen LogP contribution < -0.4 is 10.5 Å². The Kier molecular flexibility index (Phi) is 3.30. The molecule has 2 unspecified atom stereocenters. The van der Waals surface area contributed by atoms with Crippen LogP contribution in [0.1, 0.15) is 4.88 Å². The minimum atomic E-state index is 0.355. The molecule has 1 saturated heterocycles. The maximum Gasteiger partial charge on any atom is 0.225 e. The molecule has 0 saturated carbocycles. The van der Waals surface area contributed by atoms with Crippen molar-refractivity contribution in [3.05, 3.63) is 10.9 Å². The summed E-state index contributed by atoms with van der Waals surface area (Å²) in [5.41, 5.74) is 6.00. The van der Waals surface area contributed by atoms with E-state index in [-0.39, 0.29) is 0 Å². The number of thioether (sulfide) groups is 1. The molecule has 0 radical (unpaired) electrons. The van der Waals surface area contributed by atoms with Gasteiger partial charge in [-0.15, -0.1) is 0 Å². The van der Waals surface area contributed by atoms with E-state index in [2.05, 4.69) is 4.37 Å². The molecular weight excluding hydrogens is 216 g/mol. The zero-order valence-electron chi connectivity index (χ0n) is 8.10. The number of hydrogen-bond acceptors (Lipinski definition) is 5. The number of nitrogens with zero attached hydrogens (tertiary/aromatic N) is 1. The largest absolute Gasteiger partial charge is 0.480 e. The third-order valence-electron chi connectivity index (χ3n) is 2.46. The topological polar surface area (TPSA) is 48.1 Å². The summed E-state index contributed by atoms with van der Waals surface area (Å²) in [6, 6.07) is 2.37. The maximum atomic E-state index is 6.00. The smallest absolute Gasteiger partial charge is 0.225 e. The lowest BCUT2D eigenvalue weighted by atomic mass is 10.00. The van der Waals surface area contributed by atoms with Crippen LogP contribution >= 0.6 is 23.3 Å². The van der Waals surface area contributed by atoms with Crippen LogP contribution in [0.15, 0.2) is 6.07 Å². The Bertz CT molecular complexity index is 303. The summed E-state index contributed by atoms with van der Waals surface area (Å²) in [5, 5.41) is 0. The van der Waals surface area contributed by atoms with E-state index in [0.717, 1.165) is 18.1 Å². The van der Waals surface area contributed by atoms with Gasteiger partial charge in [0.2, 0.25) is 5.88 Å². The third-order valence-corrected chi connectivity index (χ3v) is 4.53. The van der Waals surface area contributed by atoms with E-state index in [1.807, 2.05) is 17.8 Å². The van der Waals surface area contributed by atoms with Gasteiger partial charge >= 0.3 is 0 Å². The summed E-state index contributed by atoms with van der Waals surface area (Å²) in [6.45, 7) is 0. The highest BCUT2D eigenvalue weighted by Crippen LogP contribution is 2.28. The van der Waals surface area contributed by atoms with Crippen molar-refractivity contribution in [3.8, 4) is 5.88 Å². The van der Waals surface area contributed by atoms with Gasteiger partial charge in [0.15, 0.2) is 0 Å². The van der Waals surface area contributed by atoms with Gasteiger partial charge in [-0.2, -0.15) is 16.1 Å². The van der Waals surface area contributed by atoms with Crippen LogP contribution in [0.5, 0.6) is 5.88 Å². The first-order valence-electron chi connectivity index (χ1n) is 4.62. The van der Waals surface area contributed by atoms with Gasteiger partial charge in [0, 0.05) is 22.7 Å². The highest BCUT2D eigenvalue weighted by molar-refractivity contribution is 7.99. The van der Waals surface area contributed by atoms with Gasteiger partial charge in [-0.05, 0) is 29.6 Å². The van der Waals surface area contributed by atoms with Gasteiger partial charge in [-0.3, -0.25) is 0 Å². The first-order valence-corrected chi connectivity index (χ1v) is 6.55. The molecule has 0 spiro atoms. The van der Waals surface area contributed by atoms with Crippen LogP contribution in [0.2, 0.25) is 0 Å². The summed E-state index contributed by atoms with van der Waals surface area (Å²) in [7, 11) is 1.65. The Balaban J connectivity index is 1.96. The Morgan fingerprint density at radius 3 is 3.07 bits per heavy atom. The number of hydrogen-bond donors (Lipinski definition) is 1. The predicted molar refractivity (Wildman–Crippen MR) is 61.2 cm³/mol. The van der Waals surface area contributed by atoms with E-state index in [9.17, 15) is 0 Å². The molecule has 2 N–H and O–H groups in total. The molecule has 2 rings (SSSR count). The fourth-order valence-corrected chi connectivity index (χ4v) is 3.70. The van der Waals surface area contributed by atoms with Crippen LogP contribution in [0.25, 0.3) is 0 Å². The van der Waals surface area contributed by atoms with Crippen molar-refractivity contribution in [2.24, 2.45) is 11.7 Å². The molecule has 0 aromatic carbocycles. The molecule has 2 heterocycles. The van der Waals surface area contributed by atoms with Gasteiger partial charge in [0.25, 0.3) is 0 Å².